The topological polar surface area (TPSA) is 32.3 Å². The second-order valence-corrected chi connectivity index (χ2v) is 5.30. The van der Waals surface area contributed by atoms with E-state index in [9.17, 15) is 4.79 Å². The highest BCUT2D eigenvalue weighted by atomic mass is 16.2. The lowest BCUT2D eigenvalue weighted by molar-refractivity contribution is 0.0655. The number of rotatable bonds is 1. The third-order valence-corrected chi connectivity index (χ3v) is 3.83. The van der Waals surface area contributed by atoms with Gasteiger partial charge in [0.1, 0.15) is 0 Å². The van der Waals surface area contributed by atoms with Crippen molar-refractivity contribution in [1.82, 2.24) is 10.2 Å². The summed E-state index contributed by atoms with van der Waals surface area (Å²) in [5.41, 5.74) is 4.37. The van der Waals surface area contributed by atoms with Gasteiger partial charge in [-0.3, -0.25) is 4.79 Å². The van der Waals surface area contributed by atoms with Crippen LogP contribution in [0.3, 0.4) is 0 Å². The van der Waals surface area contributed by atoms with E-state index in [0.29, 0.717) is 0 Å². The van der Waals surface area contributed by atoms with E-state index in [2.05, 4.69) is 32.2 Å². The fourth-order valence-corrected chi connectivity index (χ4v) is 2.49. The molecule has 18 heavy (non-hydrogen) atoms. The number of piperazine rings is 1. The van der Waals surface area contributed by atoms with Crippen LogP contribution < -0.4 is 5.32 Å². The van der Waals surface area contributed by atoms with Crippen LogP contribution >= 0.6 is 0 Å². The minimum Gasteiger partial charge on any atom is -0.333 e. The van der Waals surface area contributed by atoms with E-state index in [1.165, 1.54) is 11.1 Å². The van der Waals surface area contributed by atoms with E-state index < -0.39 is 0 Å². The fourth-order valence-electron chi connectivity index (χ4n) is 2.49. The zero-order valence-electron chi connectivity index (χ0n) is 11.7. The molecule has 1 amide bonds. The van der Waals surface area contributed by atoms with Gasteiger partial charge in [0.2, 0.25) is 0 Å². The first kappa shape index (κ1) is 13.1. The SMILES string of the molecule is Cc1cc(C)c(C(=O)N2CCNCC2C)cc1C. The maximum atomic E-state index is 12.6. The van der Waals surface area contributed by atoms with Crippen molar-refractivity contribution in [3.8, 4) is 0 Å². The third kappa shape index (κ3) is 2.41. The smallest absolute Gasteiger partial charge is 0.254 e. The van der Waals surface area contributed by atoms with Crippen LogP contribution in [-0.4, -0.2) is 36.5 Å². The Hall–Kier alpha value is -1.35. The van der Waals surface area contributed by atoms with Gasteiger partial charge in [0, 0.05) is 31.2 Å². The average molecular weight is 246 g/mol. The minimum atomic E-state index is 0.171. The van der Waals surface area contributed by atoms with Crippen molar-refractivity contribution < 1.29 is 4.79 Å². The quantitative estimate of drug-likeness (QED) is 0.822. The molecule has 1 saturated heterocycles. The van der Waals surface area contributed by atoms with Gasteiger partial charge in [-0.25, -0.2) is 0 Å². The predicted molar refractivity (Wildman–Crippen MR) is 74.0 cm³/mol. The largest absolute Gasteiger partial charge is 0.333 e. The number of carbonyl (C=O) groups is 1. The molecule has 3 heteroatoms. The van der Waals surface area contributed by atoms with E-state index in [4.69, 9.17) is 0 Å². The predicted octanol–water partition coefficient (Wildman–Crippen LogP) is 2.05. The van der Waals surface area contributed by atoms with Crippen molar-refractivity contribution in [3.63, 3.8) is 0 Å². The Morgan fingerprint density at radius 3 is 2.56 bits per heavy atom. The molecule has 1 heterocycles. The molecule has 2 rings (SSSR count). The number of hydrogen-bond acceptors (Lipinski definition) is 2. The Kier molecular flexibility index (Phi) is 3.71. The third-order valence-electron chi connectivity index (χ3n) is 3.83. The molecule has 0 spiro atoms. The summed E-state index contributed by atoms with van der Waals surface area (Å²) < 4.78 is 0. The monoisotopic (exact) mass is 246 g/mol. The Morgan fingerprint density at radius 1 is 1.22 bits per heavy atom. The van der Waals surface area contributed by atoms with Crippen molar-refractivity contribution in [2.24, 2.45) is 0 Å². The highest BCUT2D eigenvalue weighted by molar-refractivity contribution is 5.96. The highest BCUT2D eigenvalue weighted by Gasteiger charge is 2.25. The molecule has 0 radical (unpaired) electrons. The van der Waals surface area contributed by atoms with E-state index in [1.54, 1.807) is 0 Å². The molecule has 0 saturated carbocycles. The average Bonchev–Trinajstić information content (AvgIpc) is 2.33. The van der Waals surface area contributed by atoms with Crippen molar-refractivity contribution in [1.29, 1.82) is 0 Å². The lowest BCUT2D eigenvalue weighted by Gasteiger charge is -2.34. The first-order chi connectivity index (χ1) is 8.50. The molecule has 1 N–H and O–H groups in total. The molecule has 98 valence electrons. The van der Waals surface area contributed by atoms with Crippen LogP contribution in [0.25, 0.3) is 0 Å². The molecule has 1 aromatic carbocycles. The van der Waals surface area contributed by atoms with Crippen molar-refractivity contribution in [2.45, 2.75) is 33.7 Å². The zero-order valence-corrected chi connectivity index (χ0v) is 11.7. The summed E-state index contributed by atoms with van der Waals surface area (Å²) in [4.78, 5) is 14.6. The molecule has 1 aliphatic heterocycles. The van der Waals surface area contributed by atoms with Gasteiger partial charge in [-0.05, 0) is 50.5 Å². The summed E-state index contributed by atoms with van der Waals surface area (Å²) in [5, 5.41) is 3.31. The number of amides is 1. The summed E-state index contributed by atoms with van der Waals surface area (Å²) >= 11 is 0. The maximum absolute atomic E-state index is 12.6. The fraction of sp³-hybridized carbons (Fsp3) is 0.533. The van der Waals surface area contributed by atoms with Gasteiger partial charge >= 0.3 is 0 Å². The first-order valence-electron chi connectivity index (χ1n) is 6.60. The normalized spacial score (nSPS) is 20.0. The van der Waals surface area contributed by atoms with Crippen molar-refractivity contribution in [2.75, 3.05) is 19.6 Å². The Balaban J connectivity index is 2.30. The Morgan fingerprint density at radius 2 is 1.89 bits per heavy atom. The number of nitrogens with zero attached hydrogens (tertiary/aromatic N) is 1. The summed E-state index contributed by atoms with van der Waals surface area (Å²) in [5.74, 6) is 0.171. The number of hydrogen-bond donors (Lipinski definition) is 1. The lowest BCUT2D eigenvalue weighted by Crippen LogP contribution is -2.52. The van der Waals surface area contributed by atoms with E-state index in [-0.39, 0.29) is 11.9 Å². The van der Waals surface area contributed by atoms with E-state index in [0.717, 1.165) is 30.8 Å². The molecule has 1 aliphatic rings. The van der Waals surface area contributed by atoms with Gasteiger partial charge in [-0.15, -0.1) is 0 Å². The highest BCUT2D eigenvalue weighted by Crippen LogP contribution is 2.18. The second-order valence-electron chi connectivity index (χ2n) is 5.30. The Labute approximate surface area is 109 Å². The Bertz CT molecular complexity index is 468. The van der Waals surface area contributed by atoms with E-state index >= 15 is 0 Å². The van der Waals surface area contributed by atoms with Crippen LogP contribution in [0.5, 0.6) is 0 Å². The van der Waals surface area contributed by atoms with Crippen LogP contribution in [0.1, 0.15) is 34.0 Å². The number of carbonyl (C=O) groups excluding carboxylic acids is 1. The van der Waals surface area contributed by atoms with Gasteiger partial charge < -0.3 is 10.2 Å². The zero-order chi connectivity index (χ0) is 13.3. The maximum Gasteiger partial charge on any atom is 0.254 e. The molecule has 0 bridgehead atoms. The van der Waals surface area contributed by atoms with Crippen LogP contribution in [0.4, 0.5) is 0 Å². The van der Waals surface area contributed by atoms with Gasteiger partial charge in [0.25, 0.3) is 5.91 Å². The number of benzene rings is 1. The molecular formula is C15H22N2O. The molecule has 1 atom stereocenters. The van der Waals surface area contributed by atoms with Crippen LogP contribution in [0.15, 0.2) is 12.1 Å². The standard InChI is InChI=1S/C15H22N2O/c1-10-7-12(3)14(8-11(10)2)15(18)17-6-5-16-9-13(17)4/h7-8,13,16H,5-6,9H2,1-4H3. The van der Waals surface area contributed by atoms with Crippen LogP contribution in [0.2, 0.25) is 0 Å². The first-order valence-corrected chi connectivity index (χ1v) is 6.60. The van der Waals surface area contributed by atoms with Gasteiger partial charge in [0.05, 0.1) is 0 Å². The second kappa shape index (κ2) is 5.11. The molecular weight excluding hydrogens is 224 g/mol. The number of nitrogens with one attached hydrogen (secondary N) is 1. The summed E-state index contributed by atoms with van der Waals surface area (Å²) in [6.45, 7) is 10.8. The van der Waals surface area contributed by atoms with Crippen LogP contribution in [-0.2, 0) is 0 Å². The van der Waals surface area contributed by atoms with Crippen molar-refractivity contribution >= 4 is 5.91 Å². The summed E-state index contributed by atoms with van der Waals surface area (Å²) in [7, 11) is 0. The molecule has 0 aromatic heterocycles. The molecule has 0 aliphatic carbocycles. The molecule has 3 nitrogen and oxygen atoms in total. The minimum absolute atomic E-state index is 0.171. The summed E-state index contributed by atoms with van der Waals surface area (Å²) in [6.07, 6.45) is 0. The van der Waals surface area contributed by atoms with Gasteiger partial charge in [0.15, 0.2) is 0 Å². The van der Waals surface area contributed by atoms with E-state index in [1.807, 2.05) is 17.9 Å². The van der Waals surface area contributed by atoms with Gasteiger partial charge in [-0.1, -0.05) is 6.07 Å². The summed E-state index contributed by atoms with van der Waals surface area (Å²) in [6, 6.07) is 4.41. The molecule has 1 unspecified atom stereocenters. The lowest BCUT2D eigenvalue weighted by atomic mass is 9.99. The van der Waals surface area contributed by atoms with Crippen molar-refractivity contribution in [3.05, 3.63) is 34.4 Å². The number of aryl methyl sites for hydroxylation is 3. The molecule has 1 aromatic rings. The molecule has 1 fully saturated rings. The van der Waals surface area contributed by atoms with Crippen LogP contribution in [0, 0.1) is 20.8 Å². The van der Waals surface area contributed by atoms with Gasteiger partial charge in [-0.2, -0.15) is 0 Å².